The van der Waals surface area contributed by atoms with Crippen LogP contribution in [0.1, 0.15) is 32.6 Å². The van der Waals surface area contributed by atoms with E-state index in [0.717, 1.165) is 24.0 Å². The number of carbonyl (C=O) groups excluding carboxylic acids is 1. The van der Waals surface area contributed by atoms with Crippen molar-refractivity contribution in [1.29, 1.82) is 0 Å². The summed E-state index contributed by atoms with van der Waals surface area (Å²) < 4.78 is 0. The van der Waals surface area contributed by atoms with Crippen LogP contribution in [0.2, 0.25) is 0 Å². The van der Waals surface area contributed by atoms with Crippen LogP contribution in [-0.4, -0.2) is 37.0 Å². The van der Waals surface area contributed by atoms with Crippen molar-refractivity contribution >= 4 is 17.3 Å². The average molecular weight is 275 g/mol. The van der Waals surface area contributed by atoms with Crippen molar-refractivity contribution in [2.24, 2.45) is 0 Å². The summed E-state index contributed by atoms with van der Waals surface area (Å²) in [4.78, 5) is 13.4. The molecule has 1 aromatic rings. The molecule has 110 valence electrons. The number of amides is 1. The Bertz CT molecular complexity index is 430. The maximum Gasteiger partial charge on any atom is 0.221 e. The minimum atomic E-state index is -0.0361. The highest BCUT2D eigenvalue weighted by Gasteiger charge is 2.17. The smallest absolute Gasteiger partial charge is 0.221 e. The van der Waals surface area contributed by atoms with Gasteiger partial charge in [-0.15, -0.1) is 0 Å². The summed E-state index contributed by atoms with van der Waals surface area (Å²) >= 11 is 0. The molecule has 1 amide bonds. The molecule has 1 heterocycles. The predicted octanol–water partition coefficient (Wildman–Crippen LogP) is 2.93. The normalized spacial score (nSPS) is 19.6. The van der Waals surface area contributed by atoms with E-state index in [-0.39, 0.29) is 5.91 Å². The number of nitrogens with one attached hydrogen (secondary N) is 2. The van der Waals surface area contributed by atoms with E-state index in [4.69, 9.17) is 0 Å². The van der Waals surface area contributed by atoms with Crippen molar-refractivity contribution in [2.45, 2.75) is 38.6 Å². The van der Waals surface area contributed by atoms with Gasteiger partial charge >= 0.3 is 0 Å². The lowest BCUT2D eigenvalue weighted by atomic mass is 10.0. The lowest BCUT2D eigenvalue weighted by Gasteiger charge is -2.32. The van der Waals surface area contributed by atoms with E-state index in [2.05, 4.69) is 22.6 Å². The minimum Gasteiger partial charge on any atom is -0.385 e. The van der Waals surface area contributed by atoms with Gasteiger partial charge in [-0.1, -0.05) is 6.42 Å². The molecule has 0 radical (unpaired) electrons. The first kappa shape index (κ1) is 14.9. The molecule has 1 atom stereocenters. The summed E-state index contributed by atoms with van der Waals surface area (Å²) in [6, 6.07) is 8.59. The molecule has 1 aromatic carbocycles. The number of benzene rings is 1. The maximum absolute atomic E-state index is 10.9. The molecule has 0 aromatic heterocycles. The number of anilines is 2. The molecule has 1 fully saturated rings. The van der Waals surface area contributed by atoms with Gasteiger partial charge in [0.25, 0.3) is 0 Å². The second-order valence-electron chi connectivity index (χ2n) is 5.60. The third-order valence-electron chi connectivity index (χ3n) is 3.93. The second kappa shape index (κ2) is 7.29. The number of likely N-dealkylation sites (tertiary alicyclic amines) is 1. The topological polar surface area (TPSA) is 44.4 Å². The van der Waals surface area contributed by atoms with Crippen LogP contribution in [0.15, 0.2) is 24.3 Å². The Morgan fingerprint density at radius 1 is 1.25 bits per heavy atom. The number of rotatable bonds is 5. The summed E-state index contributed by atoms with van der Waals surface area (Å²) in [5.41, 5.74) is 1.95. The van der Waals surface area contributed by atoms with E-state index < -0.39 is 0 Å². The summed E-state index contributed by atoms with van der Waals surface area (Å²) in [6.07, 6.45) is 5.20. The molecule has 4 nitrogen and oxygen atoms in total. The summed E-state index contributed by atoms with van der Waals surface area (Å²) in [6.45, 7) is 3.75. The number of piperidine rings is 1. The second-order valence-corrected chi connectivity index (χ2v) is 5.60. The number of hydrogen-bond acceptors (Lipinski definition) is 3. The summed E-state index contributed by atoms with van der Waals surface area (Å²) in [5, 5.41) is 6.23. The number of carbonyl (C=O) groups is 1. The lowest BCUT2D eigenvalue weighted by molar-refractivity contribution is -0.114. The first-order valence-corrected chi connectivity index (χ1v) is 7.47. The standard InChI is InChI=1S/C16H25N3O/c1-13(20)18-15-8-6-14(7-9-15)17-11-10-16-5-3-4-12-19(16)2/h6-9,16-17H,3-5,10-12H2,1-2H3,(H,18,20). The monoisotopic (exact) mass is 275 g/mol. The van der Waals surface area contributed by atoms with Crippen molar-refractivity contribution in [3.05, 3.63) is 24.3 Å². The molecule has 1 saturated heterocycles. The number of hydrogen-bond donors (Lipinski definition) is 2. The summed E-state index contributed by atoms with van der Waals surface area (Å²) in [5.74, 6) is -0.0361. The average Bonchev–Trinajstić information content (AvgIpc) is 2.42. The van der Waals surface area contributed by atoms with Crippen LogP contribution in [0, 0.1) is 0 Å². The predicted molar refractivity (Wildman–Crippen MR) is 84.1 cm³/mol. The van der Waals surface area contributed by atoms with Crippen molar-refractivity contribution in [2.75, 3.05) is 30.8 Å². The fourth-order valence-electron chi connectivity index (χ4n) is 2.77. The Balaban J connectivity index is 1.74. The fourth-order valence-corrected chi connectivity index (χ4v) is 2.77. The first-order valence-electron chi connectivity index (χ1n) is 7.47. The third-order valence-corrected chi connectivity index (χ3v) is 3.93. The zero-order valence-corrected chi connectivity index (χ0v) is 12.5. The molecule has 1 unspecified atom stereocenters. The number of nitrogens with zero attached hydrogens (tertiary/aromatic N) is 1. The van der Waals surface area contributed by atoms with Gasteiger partial charge in [0.05, 0.1) is 0 Å². The SMILES string of the molecule is CC(=O)Nc1ccc(NCCC2CCCCN2C)cc1. The molecule has 2 rings (SSSR count). The van der Waals surface area contributed by atoms with Gasteiger partial charge in [-0.05, 0) is 57.1 Å². The molecular formula is C16H25N3O. The Morgan fingerprint density at radius 2 is 1.95 bits per heavy atom. The van der Waals surface area contributed by atoms with E-state index in [1.807, 2.05) is 24.3 Å². The van der Waals surface area contributed by atoms with E-state index >= 15 is 0 Å². The van der Waals surface area contributed by atoms with Gasteiger partial charge in [-0.3, -0.25) is 4.79 Å². The first-order chi connectivity index (χ1) is 9.65. The Hall–Kier alpha value is -1.55. The molecule has 0 aliphatic carbocycles. The third kappa shape index (κ3) is 4.53. The Labute approximate surface area is 121 Å². The van der Waals surface area contributed by atoms with Gasteiger partial charge in [0.1, 0.15) is 0 Å². The molecule has 1 aliphatic heterocycles. The van der Waals surface area contributed by atoms with Crippen molar-refractivity contribution in [3.8, 4) is 0 Å². The van der Waals surface area contributed by atoms with E-state index in [1.54, 1.807) is 0 Å². The van der Waals surface area contributed by atoms with Gasteiger partial charge in [0, 0.05) is 30.9 Å². The van der Waals surface area contributed by atoms with Crippen LogP contribution in [0.5, 0.6) is 0 Å². The lowest BCUT2D eigenvalue weighted by Crippen LogP contribution is -2.37. The maximum atomic E-state index is 10.9. The highest BCUT2D eigenvalue weighted by molar-refractivity contribution is 5.88. The molecule has 0 saturated carbocycles. The summed E-state index contributed by atoms with van der Waals surface area (Å²) in [7, 11) is 2.23. The minimum absolute atomic E-state index is 0.0361. The molecule has 20 heavy (non-hydrogen) atoms. The van der Waals surface area contributed by atoms with E-state index in [9.17, 15) is 4.79 Å². The van der Waals surface area contributed by atoms with E-state index in [0.29, 0.717) is 0 Å². The van der Waals surface area contributed by atoms with Gasteiger partial charge in [-0.2, -0.15) is 0 Å². The molecule has 4 heteroatoms. The quantitative estimate of drug-likeness (QED) is 0.868. The van der Waals surface area contributed by atoms with Gasteiger partial charge in [-0.25, -0.2) is 0 Å². The Morgan fingerprint density at radius 3 is 2.60 bits per heavy atom. The van der Waals surface area contributed by atoms with Crippen LogP contribution in [0.4, 0.5) is 11.4 Å². The van der Waals surface area contributed by atoms with Crippen LogP contribution < -0.4 is 10.6 Å². The highest BCUT2D eigenvalue weighted by Crippen LogP contribution is 2.18. The molecule has 0 spiro atoms. The van der Waals surface area contributed by atoms with Crippen molar-refractivity contribution < 1.29 is 4.79 Å². The van der Waals surface area contributed by atoms with Crippen LogP contribution in [0.3, 0.4) is 0 Å². The Kier molecular flexibility index (Phi) is 5.41. The van der Waals surface area contributed by atoms with Gasteiger partial charge < -0.3 is 15.5 Å². The fraction of sp³-hybridized carbons (Fsp3) is 0.562. The van der Waals surface area contributed by atoms with Crippen molar-refractivity contribution in [3.63, 3.8) is 0 Å². The molecule has 2 N–H and O–H groups in total. The molecular weight excluding hydrogens is 250 g/mol. The van der Waals surface area contributed by atoms with Gasteiger partial charge in [0.2, 0.25) is 5.91 Å². The van der Waals surface area contributed by atoms with E-state index in [1.165, 1.54) is 39.2 Å². The molecule has 1 aliphatic rings. The molecule has 0 bridgehead atoms. The van der Waals surface area contributed by atoms with Crippen LogP contribution in [-0.2, 0) is 4.79 Å². The van der Waals surface area contributed by atoms with Crippen molar-refractivity contribution in [1.82, 2.24) is 4.90 Å². The van der Waals surface area contributed by atoms with Crippen LogP contribution in [0.25, 0.3) is 0 Å². The zero-order chi connectivity index (χ0) is 14.4. The zero-order valence-electron chi connectivity index (χ0n) is 12.5. The largest absolute Gasteiger partial charge is 0.385 e. The highest BCUT2D eigenvalue weighted by atomic mass is 16.1. The van der Waals surface area contributed by atoms with Crippen LogP contribution >= 0.6 is 0 Å². The van der Waals surface area contributed by atoms with Gasteiger partial charge in [0.15, 0.2) is 0 Å².